The summed E-state index contributed by atoms with van der Waals surface area (Å²) in [5.74, 6) is -3.39. The zero-order valence-corrected chi connectivity index (χ0v) is 35.1. The zero-order chi connectivity index (χ0) is 43.2. The molecule has 0 unspecified atom stereocenters. The summed E-state index contributed by atoms with van der Waals surface area (Å²) in [6.07, 6.45) is 3.39. The average Bonchev–Trinajstić information content (AvgIpc) is 3.98. The summed E-state index contributed by atoms with van der Waals surface area (Å²) in [5, 5.41) is 32.3. The molecule has 0 radical (unpaired) electrons. The Bertz CT molecular complexity index is 2230. The van der Waals surface area contributed by atoms with Crippen LogP contribution in [0.1, 0.15) is 57.2 Å². The van der Waals surface area contributed by atoms with Gasteiger partial charge in [0.1, 0.15) is 29.8 Å². The Hall–Kier alpha value is -5.79. The van der Waals surface area contributed by atoms with E-state index in [1.54, 1.807) is 79.7 Å². The molecule has 1 saturated carbocycles. The minimum absolute atomic E-state index is 0.0237. The van der Waals surface area contributed by atoms with Crippen LogP contribution in [0.4, 0.5) is 0 Å². The second-order valence-corrected chi connectivity index (χ2v) is 17.1. The molecule has 6 rings (SSSR count). The monoisotopic (exact) mass is 832 g/mol. The molecule has 60 heavy (non-hydrogen) atoms. The Labute approximate surface area is 354 Å². The van der Waals surface area contributed by atoms with Crippen LogP contribution in [-0.4, -0.2) is 86.9 Å². The van der Waals surface area contributed by atoms with Gasteiger partial charge in [0.15, 0.2) is 5.78 Å². The minimum Gasteiger partial charge on any atom is -0.480 e. The molecular formula is C47H52N4O8S. The fourth-order valence-electron chi connectivity index (χ4n) is 8.29. The van der Waals surface area contributed by atoms with Gasteiger partial charge in [0, 0.05) is 48.7 Å². The normalized spacial score (nSPS) is 19.7. The molecule has 3 aromatic rings. The number of allylic oxidation sites excluding steroid dienone is 3. The number of amides is 4. The van der Waals surface area contributed by atoms with Gasteiger partial charge in [0.2, 0.25) is 23.6 Å². The molecule has 1 fully saturated rings. The Balaban J connectivity index is 1.19. The summed E-state index contributed by atoms with van der Waals surface area (Å²) in [4.78, 5) is 80.5. The van der Waals surface area contributed by atoms with Crippen LogP contribution in [0.15, 0.2) is 125 Å². The van der Waals surface area contributed by atoms with E-state index in [0.717, 1.165) is 46.3 Å². The van der Waals surface area contributed by atoms with E-state index in [9.17, 15) is 39.0 Å². The highest BCUT2D eigenvalue weighted by molar-refractivity contribution is 7.99. The topological polar surface area (TPSA) is 191 Å². The van der Waals surface area contributed by atoms with Crippen LogP contribution in [0.25, 0.3) is 0 Å². The molecule has 5 atom stereocenters. The molecule has 1 spiro atoms. The molecule has 3 aromatic carbocycles. The number of carbonyl (C=O) groups excluding carboxylic acids is 5. The molecule has 0 heterocycles. The fraction of sp³-hybridized carbons (Fsp3) is 0.362. The number of rotatable bonds is 18. The Morgan fingerprint density at radius 2 is 1.12 bits per heavy atom. The lowest BCUT2D eigenvalue weighted by Gasteiger charge is -2.39. The number of carboxylic acid groups (broad SMARTS) is 1. The molecule has 6 N–H and O–H groups in total. The van der Waals surface area contributed by atoms with Gasteiger partial charge in [-0.3, -0.25) is 24.0 Å². The summed E-state index contributed by atoms with van der Waals surface area (Å²) >= 11 is 1.40. The minimum atomic E-state index is -1.47. The Kier molecular flexibility index (Phi) is 13.6. The number of fused-ring (bicyclic) bond motifs is 1. The van der Waals surface area contributed by atoms with E-state index in [-0.39, 0.29) is 30.8 Å². The van der Waals surface area contributed by atoms with Crippen molar-refractivity contribution in [2.45, 2.75) is 89.6 Å². The fourth-order valence-corrected chi connectivity index (χ4v) is 9.46. The van der Waals surface area contributed by atoms with Crippen LogP contribution in [-0.2, 0) is 48.0 Å². The lowest BCUT2D eigenvalue weighted by atomic mass is 9.67. The molecular weight excluding hydrogens is 781 g/mol. The highest BCUT2D eigenvalue weighted by atomic mass is 32.2. The number of aliphatic carboxylic acids is 1. The van der Waals surface area contributed by atoms with Crippen LogP contribution in [0.2, 0.25) is 0 Å². The van der Waals surface area contributed by atoms with Gasteiger partial charge < -0.3 is 31.5 Å². The van der Waals surface area contributed by atoms with Gasteiger partial charge >= 0.3 is 5.97 Å². The van der Waals surface area contributed by atoms with Crippen molar-refractivity contribution < 1.29 is 39.0 Å². The largest absolute Gasteiger partial charge is 0.480 e. The van der Waals surface area contributed by atoms with Crippen molar-refractivity contribution in [2.75, 3.05) is 11.5 Å². The zero-order valence-electron chi connectivity index (χ0n) is 34.2. The number of Topliss-reactive ketones (excluding diaryl/α,β-unsaturated/α-hetero) is 1. The number of benzene rings is 3. The number of hydrogen-bond donors (Lipinski definition) is 6. The van der Waals surface area contributed by atoms with E-state index in [4.69, 9.17) is 0 Å². The number of nitrogens with one attached hydrogen (secondary N) is 4. The van der Waals surface area contributed by atoms with E-state index < -0.39 is 64.8 Å². The Morgan fingerprint density at radius 1 is 0.683 bits per heavy atom. The number of hydrogen-bond acceptors (Lipinski definition) is 8. The predicted molar refractivity (Wildman–Crippen MR) is 230 cm³/mol. The third-order valence-corrected chi connectivity index (χ3v) is 12.9. The lowest BCUT2D eigenvalue weighted by Crippen LogP contribution is -2.59. The van der Waals surface area contributed by atoms with Gasteiger partial charge in [-0.05, 0) is 73.1 Å². The highest BCUT2D eigenvalue weighted by Crippen LogP contribution is 2.65. The first-order valence-electron chi connectivity index (χ1n) is 20.1. The molecule has 13 heteroatoms. The Morgan fingerprint density at radius 3 is 1.55 bits per heavy atom. The molecule has 0 saturated heterocycles. The molecule has 0 bridgehead atoms. The number of carbonyl (C=O) groups is 6. The van der Waals surface area contributed by atoms with Crippen molar-refractivity contribution in [1.82, 2.24) is 21.3 Å². The first-order chi connectivity index (χ1) is 28.6. The third-order valence-electron chi connectivity index (χ3n) is 11.8. The van der Waals surface area contributed by atoms with E-state index >= 15 is 0 Å². The summed E-state index contributed by atoms with van der Waals surface area (Å²) in [5.41, 5.74) is 4.31. The number of aliphatic hydroxyl groups is 1. The maximum Gasteiger partial charge on any atom is 0.326 e. The second-order valence-electron chi connectivity index (χ2n) is 16.1. The van der Waals surface area contributed by atoms with Gasteiger partial charge in [-0.2, -0.15) is 11.8 Å². The third kappa shape index (κ3) is 9.80. The van der Waals surface area contributed by atoms with Crippen LogP contribution in [0.3, 0.4) is 0 Å². The average molecular weight is 833 g/mol. The SMILES string of the molecule is CC(=O)N[C@H](CSCC1=C(C)C=C2C(=O)[C@](C)(O)C3(CC3)C(C)=C21)C(=O)N[C@@H](Cc1ccccc1)C(=O)N[C@@H](Cc1ccccc1)C(=O)N[C@@H](Cc1ccccc1)C(=O)O. The molecule has 0 aromatic heterocycles. The van der Waals surface area contributed by atoms with Crippen LogP contribution in [0, 0.1) is 5.41 Å². The smallest absolute Gasteiger partial charge is 0.326 e. The number of ketones is 1. The first kappa shape index (κ1) is 43.8. The standard InChI is InChI=1S/C47H52N4O8S/c1-28-22-34-40(29(2)47(20-21-47)46(4,59)41(34)53)35(28)26-60-27-39(48-30(3)52)44(56)50-36(23-31-14-8-5-9-15-31)42(54)49-37(24-32-16-10-6-11-17-32)43(55)51-38(45(57)58)25-33-18-12-7-13-19-33/h5-19,22,36-39,59H,20-21,23-27H2,1-4H3,(H,48,52)(H,49,54)(H,50,56)(H,51,55)(H,57,58)/t36-,37-,38-,39+,46-/m0/s1. The molecule has 0 aliphatic heterocycles. The van der Waals surface area contributed by atoms with Gasteiger partial charge in [-0.15, -0.1) is 0 Å². The summed E-state index contributed by atoms with van der Waals surface area (Å²) in [7, 11) is 0. The number of carboxylic acids is 1. The van der Waals surface area contributed by atoms with E-state index in [1.807, 2.05) is 38.1 Å². The molecule has 4 amide bonds. The van der Waals surface area contributed by atoms with Crippen molar-refractivity contribution in [1.29, 1.82) is 0 Å². The maximum absolute atomic E-state index is 14.3. The van der Waals surface area contributed by atoms with Crippen molar-refractivity contribution in [3.8, 4) is 0 Å². The van der Waals surface area contributed by atoms with Crippen LogP contribution < -0.4 is 21.3 Å². The lowest BCUT2D eigenvalue weighted by molar-refractivity contribution is -0.142. The summed E-state index contributed by atoms with van der Waals surface area (Å²) < 4.78 is 0. The van der Waals surface area contributed by atoms with Crippen molar-refractivity contribution >= 4 is 47.1 Å². The maximum atomic E-state index is 14.3. The van der Waals surface area contributed by atoms with Gasteiger partial charge in [0.05, 0.1) is 0 Å². The molecule has 314 valence electrons. The van der Waals surface area contributed by atoms with Crippen LogP contribution in [0.5, 0.6) is 0 Å². The highest BCUT2D eigenvalue weighted by Gasteiger charge is 2.65. The van der Waals surface area contributed by atoms with Gasteiger partial charge in [-0.25, -0.2) is 4.79 Å². The van der Waals surface area contributed by atoms with Gasteiger partial charge in [0.25, 0.3) is 0 Å². The van der Waals surface area contributed by atoms with Crippen molar-refractivity contribution in [2.24, 2.45) is 5.41 Å². The summed E-state index contributed by atoms with van der Waals surface area (Å²) in [6.45, 7) is 6.81. The quantitative estimate of drug-likeness (QED) is 0.109. The van der Waals surface area contributed by atoms with Crippen molar-refractivity contribution in [3.05, 3.63) is 142 Å². The number of thioether (sulfide) groups is 1. The van der Waals surface area contributed by atoms with E-state index in [1.165, 1.54) is 18.7 Å². The molecule has 3 aliphatic rings. The molecule has 3 aliphatic carbocycles. The first-order valence-corrected chi connectivity index (χ1v) is 21.3. The van der Waals surface area contributed by atoms with E-state index in [2.05, 4.69) is 21.3 Å². The molecule has 12 nitrogen and oxygen atoms in total. The second kappa shape index (κ2) is 18.6. The predicted octanol–water partition coefficient (Wildman–Crippen LogP) is 4.18. The summed E-state index contributed by atoms with van der Waals surface area (Å²) in [6, 6.07) is 22.2. The van der Waals surface area contributed by atoms with E-state index in [0.29, 0.717) is 16.9 Å². The van der Waals surface area contributed by atoms with Crippen molar-refractivity contribution in [3.63, 3.8) is 0 Å². The van der Waals surface area contributed by atoms with Gasteiger partial charge in [-0.1, -0.05) is 96.6 Å². The van der Waals surface area contributed by atoms with Crippen LogP contribution >= 0.6 is 11.8 Å².